The van der Waals surface area contributed by atoms with Gasteiger partial charge in [0.15, 0.2) is 0 Å². The molecule has 21 heavy (non-hydrogen) atoms. The molecule has 1 aromatic carbocycles. The molecule has 0 aliphatic rings. The Kier molecular flexibility index (Phi) is 4.61. The van der Waals surface area contributed by atoms with Crippen molar-refractivity contribution in [3.8, 4) is 0 Å². The number of carbonyl (C=O) groups is 1. The Hall–Kier alpha value is -2.76. The second-order valence-electron chi connectivity index (χ2n) is 4.46. The highest BCUT2D eigenvalue weighted by Crippen LogP contribution is 2.15. The number of nitro benzene ring substituents is 1. The molecule has 0 aliphatic heterocycles. The molecule has 1 heterocycles. The maximum absolute atomic E-state index is 12.3. The van der Waals surface area contributed by atoms with Crippen LogP contribution in [0, 0.1) is 10.1 Å². The lowest BCUT2D eigenvalue weighted by Gasteiger charge is -2.20. The maximum Gasteiger partial charge on any atom is 0.272 e. The Morgan fingerprint density at radius 1 is 1.29 bits per heavy atom. The fraction of sp³-hybridized carbons (Fsp3) is 0.200. The van der Waals surface area contributed by atoms with Gasteiger partial charge < -0.3 is 4.90 Å². The fourth-order valence-corrected chi connectivity index (χ4v) is 1.97. The first-order valence-electron chi connectivity index (χ1n) is 6.55. The number of aromatic nitrogens is 1. The molecule has 6 nitrogen and oxygen atoms in total. The zero-order valence-electron chi connectivity index (χ0n) is 11.6. The van der Waals surface area contributed by atoms with E-state index in [1.165, 1.54) is 12.1 Å². The molecule has 0 spiro atoms. The Morgan fingerprint density at radius 3 is 2.71 bits per heavy atom. The van der Waals surface area contributed by atoms with Crippen LogP contribution in [0.5, 0.6) is 0 Å². The molecule has 2 aromatic rings. The molecule has 108 valence electrons. The summed E-state index contributed by atoms with van der Waals surface area (Å²) in [5.74, 6) is -0.190. The Morgan fingerprint density at radius 2 is 2.10 bits per heavy atom. The van der Waals surface area contributed by atoms with E-state index < -0.39 is 4.92 Å². The van der Waals surface area contributed by atoms with Gasteiger partial charge in [0.2, 0.25) is 0 Å². The number of benzene rings is 1. The minimum absolute atomic E-state index is 0.0221. The summed E-state index contributed by atoms with van der Waals surface area (Å²) in [7, 11) is 0. The van der Waals surface area contributed by atoms with Gasteiger partial charge in [0.1, 0.15) is 5.69 Å². The van der Waals surface area contributed by atoms with Crippen LogP contribution in [0.2, 0.25) is 0 Å². The average Bonchev–Trinajstić information content (AvgIpc) is 2.53. The predicted octanol–water partition coefficient (Wildman–Crippen LogP) is 2.65. The largest absolute Gasteiger partial charge is 0.333 e. The van der Waals surface area contributed by atoms with Gasteiger partial charge in [-0.25, -0.2) is 0 Å². The first-order valence-corrected chi connectivity index (χ1v) is 6.55. The molecule has 0 saturated heterocycles. The van der Waals surface area contributed by atoms with Crippen LogP contribution in [0.1, 0.15) is 23.0 Å². The van der Waals surface area contributed by atoms with E-state index in [0.29, 0.717) is 18.8 Å². The number of amides is 1. The highest BCUT2D eigenvalue weighted by atomic mass is 16.6. The highest BCUT2D eigenvalue weighted by Gasteiger charge is 2.16. The van der Waals surface area contributed by atoms with Crippen molar-refractivity contribution < 1.29 is 9.72 Å². The first kappa shape index (κ1) is 14.6. The summed E-state index contributed by atoms with van der Waals surface area (Å²) >= 11 is 0. The van der Waals surface area contributed by atoms with Gasteiger partial charge in [-0.1, -0.05) is 18.2 Å². The number of hydrogen-bond donors (Lipinski definition) is 0. The molecule has 0 bridgehead atoms. The summed E-state index contributed by atoms with van der Waals surface area (Å²) in [6.45, 7) is 2.67. The van der Waals surface area contributed by atoms with Crippen LogP contribution in [-0.4, -0.2) is 27.3 Å². The molecule has 0 saturated carbocycles. The number of rotatable bonds is 5. The summed E-state index contributed by atoms with van der Waals surface area (Å²) in [6.07, 6.45) is 1.56. The van der Waals surface area contributed by atoms with Crippen molar-refractivity contribution in [2.24, 2.45) is 0 Å². The quantitative estimate of drug-likeness (QED) is 0.625. The van der Waals surface area contributed by atoms with Gasteiger partial charge in [0.25, 0.3) is 11.6 Å². The fourth-order valence-electron chi connectivity index (χ4n) is 1.97. The summed E-state index contributed by atoms with van der Waals surface area (Å²) in [5, 5.41) is 10.8. The smallest absolute Gasteiger partial charge is 0.272 e. The minimum Gasteiger partial charge on any atom is -0.333 e. The molecular formula is C15H15N3O3. The van der Waals surface area contributed by atoms with E-state index in [1.807, 2.05) is 6.92 Å². The summed E-state index contributed by atoms with van der Waals surface area (Å²) < 4.78 is 0. The number of non-ortho nitro benzene ring substituents is 1. The van der Waals surface area contributed by atoms with Crippen LogP contribution in [0.3, 0.4) is 0 Å². The van der Waals surface area contributed by atoms with Crippen molar-refractivity contribution in [1.82, 2.24) is 9.88 Å². The Bertz CT molecular complexity index is 644. The molecule has 0 atom stereocenters. The van der Waals surface area contributed by atoms with Crippen molar-refractivity contribution in [2.45, 2.75) is 13.5 Å². The van der Waals surface area contributed by atoms with E-state index in [1.54, 1.807) is 41.4 Å². The minimum atomic E-state index is -0.444. The normalized spacial score (nSPS) is 10.1. The zero-order valence-corrected chi connectivity index (χ0v) is 11.6. The first-order chi connectivity index (χ1) is 10.1. The van der Waals surface area contributed by atoms with Crippen molar-refractivity contribution in [1.29, 1.82) is 0 Å². The summed E-state index contributed by atoms with van der Waals surface area (Å²) in [5.41, 5.74) is 1.11. The lowest BCUT2D eigenvalue weighted by molar-refractivity contribution is -0.384. The van der Waals surface area contributed by atoms with E-state index in [0.717, 1.165) is 5.56 Å². The molecule has 1 amide bonds. The SMILES string of the molecule is CCN(Cc1cccc([N+](=O)[O-])c1)C(=O)c1ccccn1. The van der Waals surface area contributed by atoms with Gasteiger partial charge in [0.05, 0.1) is 4.92 Å². The van der Waals surface area contributed by atoms with Gasteiger partial charge in [-0.3, -0.25) is 19.9 Å². The van der Waals surface area contributed by atoms with E-state index in [2.05, 4.69) is 4.98 Å². The highest BCUT2D eigenvalue weighted by molar-refractivity contribution is 5.92. The molecule has 6 heteroatoms. The van der Waals surface area contributed by atoms with Crippen LogP contribution >= 0.6 is 0 Å². The van der Waals surface area contributed by atoms with Crippen LogP contribution in [0.15, 0.2) is 48.7 Å². The topological polar surface area (TPSA) is 76.3 Å². The molecule has 0 radical (unpaired) electrons. The standard InChI is InChI=1S/C15H15N3O3/c1-2-17(15(19)14-8-3-4-9-16-14)11-12-6-5-7-13(10-12)18(20)21/h3-10H,2,11H2,1H3. The third-order valence-corrected chi connectivity index (χ3v) is 3.05. The van der Waals surface area contributed by atoms with E-state index in [-0.39, 0.29) is 11.6 Å². The monoisotopic (exact) mass is 285 g/mol. The van der Waals surface area contributed by atoms with Crippen molar-refractivity contribution in [2.75, 3.05) is 6.54 Å². The molecule has 0 fully saturated rings. The van der Waals surface area contributed by atoms with E-state index >= 15 is 0 Å². The molecule has 0 aliphatic carbocycles. The van der Waals surface area contributed by atoms with Crippen LogP contribution in [0.4, 0.5) is 5.69 Å². The second-order valence-corrected chi connectivity index (χ2v) is 4.46. The lowest BCUT2D eigenvalue weighted by atomic mass is 10.2. The van der Waals surface area contributed by atoms with Crippen LogP contribution in [0.25, 0.3) is 0 Å². The molecule has 1 aromatic heterocycles. The number of pyridine rings is 1. The van der Waals surface area contributed by atoms with Gasteiger partial charge >= 0.3 is 0 Å². The van der Waals surface area contributed by atoms with E-state index in [4.69, 9.17) is 0 Å². The van der Waals surface area contributed by atoms with Gasteiger partial charge in [-0.05, 0) is 24.6 Å². The zero-order chi connectivity index (χ0) is 15.2. The van der Waals surface area contributed by atoms with Crippen molar-refractivity contribution >= 4 is 11.6 Å². The Balaban J connectivity index is 2.18. The number of hydrogen-bond acceptors (Lipinski definition) is 4. The third-order valence-electron chi connectivity index (χ3n) is 3.05. The number of nitrogens with zero attached hydrogens (tertiary/aromatic N) is 3. The lowest BCUT2D eigenvalue weighted by Crippen LogP contribution is -2.30. The maximum atomic E-state index is 12.3. The molecule has 0 unspecified atom stereocenters. The van der Waals surface area contributed by atoms with Crippen LogP contribution < -0.4 is 0 Å². The molecular weight excluding hydrogens is 270 g/mol. The van der Waals surface area contributed by atoms with Crippen molar-refractivity contribution in [3.63, 3.8) is 0 Å². The van der Waals surface area contributed by atoms with Crippen LogP contribution in [-0.2, 0) is 6.54 Å². The number of nitro groups is 1. The number of carbonyl (C=O) groups excluding carboxylic acids is 1. The second kappa shape index (κ2) is 6.60. The van der Waals surface area contributed by atoms with Gasteiger partial charge in [-0.15, -0.1) is 0 Å². The van der Waals surface area contributed by atoms with Crippen molar-refractivity contribution in [3.05, 3.63) is 70.0 Å². The van der Waals surface area contributed by atoms with Gasteiger partial charge in [0, 0.05) is 31.4 Å². The Labute approximate surface area is 122 Å². The predicted molar refractivity (Wildman–Crippen MR) is 77.7 cm³/mol. The average molecular weight is 285 g/mol. The van der Waals surface area contributed by atoms with Gasteiger partial charge in [-0.2, -0.15) is 0 Å². The third kappa shape index (κ3) is 3.62. The molecule has 0 N–H and O–H groups in total. The van der Waals surface area contributed by atoms with E-state index in [9.17, 15) is 14.9 Å². The summed E-state index contributed by atoms with van der Waals surface area (Å²) in [4.78, 5) is 28.3. The summed E-state index contributed by atoms with van der Waals surface area (Å²) in [6, 6.07) is 11.4. The molecule has 2 rings (SSSR count).